The van der Waals surface area contributed by atoms with Gasteiger partial charge in [0.15, 0.2) is 0 Å². The van der Waals surface area contributed by atoms with Gasteiger partial charge in [0.25, 0.3) is 0 Å². The summed E-state index contributed by atoms with van der Waals surface area (Å²) in [5.74, 6) is 0. The molecule has 1 saturated carbocycles. The number of hydrogen-bond donors (Lipinski definition) is 1. The van der Waals surface area contributed by atoms with E-state index in [1.807, 2.05) is 18.2 Å². The second kappa shape index (κ2) is 4.27. The minimum Gasteiger partial charge on any atom is -0.310 e. The van der Waals surface area contributed by atoms with Gasteiger partial charge in [0.2, 0.25) is 0 Å². The monoisotopic (exact) mass is 214 g/mol. The van der Waals surface area contributed by atoms with Crippen LogP contribution in [0.5, 0.6) is 0 Å². The van der Waals surface area contributed by atoms with Gasteiger partial charge in [-0.25, -0.2) is 0 Å². The number of nitrogens with one attached hydrogen (secondary N) is 1. The fraction of sp³-hybridized carbons (Fsp3) is 0.500. The molecule has 1 aliphatic rings. The van der Waals surface area contributed by atoms with Gasteiger partial charge in [-0.3, -0.25) is 0 Å². The van der Waals surface area contributed by atoms with Crippen molar-refractivity contribution < 1.29 is 0 Å². The highest BCUT2D eigenvalue weighted by Gasteiger charge is 2.36. The maximum atomic E-state index is 8.84. The van der Waals surface area contributed by atoms with Crippen molar-refractivity contribution in [3.8, 4) is 6.07 Å². The van der Waals surface area contributed by atoms with Crippen LogP contribution in [0, 0.1) is 16.7 Å². The maximum Gasteiger partial charge on any atom is 0.0991 e. The van der Waals surface area contributed by atoms with Gasteiger partial charge in [-0.2, -0.15) is 5.26 Å². The van der Waals surface area contributed by atoms with Crippen LogP contribution < -0.4 is 5.32 Å². The minimum absolute atomic E-state index is 0.325. The van der Waals surface area contributed by atoms with Crippen LogP contribution in [0.4, 0.5) is 0 Å². The Morgan fingerprint density at radius 2 is 2.25 bits per heavy atom. The molecule has 0 aliphatic heterocycles. The van der Waals surface area contributed by atoms with Crippen molar-refractivity contribution in [2.24, 2.45) is 5.41 Å². The van der Waals surface area contributed by atoms with Crippen molar-refractivity contribution in [2.45, 2.75) is 32.7 Å². The molecule has 16 heavy (non-hydrogen) atoms. The van der Waals surface area contributed by atoms with Crippen molar-refractivity contribution in [1.82, 2.24) is 5.32 Å². The standard InChI is InChI=1S/C14H18N2/c1-11(16-10-14(2)6-7-14)13-5-3-4-12(8-13)9-15/h3-5,8,11,16H,6-7,10H2,1-2H3. The third kappa shape index (κ3) is 2.62. The summed E-state index contributed by atoms with van der Waals surface area (Å²) < 4.78 is 0. The number of benzene rings is 1. The quantitative estimate of drug-likeness (QED) is 0.836. The van der Waals surface area contributed by atoms with Crippen molar-refractivity contribution in [2.75, 3.05) is 6.54 Å². The van der Waals surface area contributed by atoms with Gasteiger partial charge in [0.05, 0.1) is 11.6 Å². The van der Waals surface area contributed by atoms with Crippen LogP contribution in [0.2, 0.25) is 0 Å². The third-order valence-electron chi connectivity index (χ3n) is 3.45. The lowest BCUT2D eigenvalue weighted by atomic mass is 10.0. The Morgan fingerprint density at radius 3 is 2.88 bits per heavy atom. The first kappa shape index (κ1) is 11.2. The average Bonchev–Trinajstić information content (AvgIpc) is 3.05. The highest BCUT2D eigenvalue weighted by molar-refractivity contribution is 5.34. The van der Waals surface area contributed by atoms with E-state index in [4.69, 9.17) is 5.26 Å². The highest BCUT2D eigenvalue weighted by atomic mass is 14.9. The number of rotatable bonds is 4. The first-order chi connectivity index (χ1) is 7.63. The van der Waals surface area contributed by atoms with Crippen molar-refractivity contribution in [1.29, 1.82) is 5.26 Å². The summed E-state index contributed by atoms with van der Waals surface area (Å²) in [5, 5.41) is 12.4. The first-order valence-electron chi connectivity index (χ1n) is 5.86. The molecule has 1 N–H and O–H groups in total. The average molecular weight is 214 g/mol. The Balaban J connectivity index is 1.97. The largest absolute Gasteiger partial charge is 0.310 e. The minimum atomic E-state index is 0.325. The number of nitrogens with zero attached hydrogens (tertiary/aromatic N) is 1. The molecule has 1 aromatic rings. The molecule has 2 nitrogen and oxygen atoms in total. The molecule has 0 bridgehead atoms. The van der Waals surface area contributed by atoms with E-state index < -0.39 is 0 Å². The van der Waals surface area contributed by atoms with E-state index in [0.29, 0.717) is 11.5 Å². The summed E-state index contributed by atoms with van der Waals surface area (Å²) in [7, 11) is 0. The Labute approximate surface area is 97.3 Å². The molecular weight excluding hydrogens is 196 g/mol. The van der Waals surface area contributed by atoms with Gasteiger partial charge in [-0.15, -0.1) is 0 Å². The Hall–Kier alpha value is -1.33. The molecule has 1 unspecified atom stereocenters. The van der Waals surface area contributed by atoms with Crippen molar-refractivity contribution >= 4 is 0 Å². The molecule has 0 heterocycles. The van der Waals surface area contributed by atoms with E-state index in [1.54, 1.807) is 0 Å². The molecule has 84 valence electrons. The van der Waals surface area contributed by atoms with Crippen molar-refractivity contribution in [3.63, 3.8) is 0 Å². The molecule has 2 rings (SSSR count). The summed E-state index contributed by atoms with van der Waals surface area (Å²) >= 11 is 0. The third-order valence-corrected chi connectivity index (χ3v) is 3.45. The van der Waals surface area contributed by atoms with Gasteiger partial charge < -0.3 is 5.32 Å². The molecule has 1 atom stereocenters. The molecule has 2 heteroatoms. The van der Waals surface area contributed by atoms with Gasteiger partial charge in [-0.05, 0) is 42.9 Å². The van der Waals surface area contributed by atoms with E-state index in [9.17, 15) is 0 Å². The predicted octanol–water partition coefficient (Wildman–Crippen LogP) is 3.01. The Bertz CT molecular complexity index is 413. The maximum absolute atomic E-state index is 8.84. The summed E-state index contributed by atoms with van der Waals surface area (Å²) in [6.45, 7) is 5.55. The summed E-state index contributed by atoms with van der Waals surface area (Å²) in [6.07, 6.45) is 2.68. The molecule has 0 aromatic heterocycles. The molecule has 1 aromatic carbocycles. The molecule has 0 radical (unpaired) electrons. The number of hydrogen-bond acceptors (Lipinski definition) is 2. The lowest BCUT2D eigenvalue weighted by Crippen LogP contribution is -2.25. The van der Waals surface area contributed by atoms with Crippen LogP contribution >= 0.6 is 0 Å². The van der Waals surface area contributed by atoms with Crippen LogP contribution in [0.15, 0.2) is 24.3 Å². The van der Waals surface area contributed by atoms with Crippen LogP contribution in [0.3, 0.4) is 0 Å². The topological polar surface area (TPSA) is 35.8 Å². The van der Waals surface area contributed by atoms with Crippen LogP contribution in [-0.4, -0.2) is 6.54 Å². The predicted molar refractivity (Wildman–Crippen MR) is 64.9 cm³/mol. The highest BCUT2D eigenvalue weighted by Crippen LogP contribution is 2.44. The van der Waals surface area contributed by atoms with E-state index in [1.165, 1.54) is 18.4 Å². The smallest absolute Gasteiger partial charge is 0.0991 e. The molecule has 1 fully saturated rings. The molecule has 0 saturated heterocycles. The van der Waals surface area contributed by atoms with Crippen LogP contribution in [0.1, 0.15) is 43.9 Å². The second-order valence-corrected chi connectivity index (χ2v) is 5.15. The van der Waals surface area contributed by atoms with Gasteiger partial charge in [-0.1, -0.05) is 19.1 Å². The Morgan fingerprint density at radius 1 is 1.50 bits per heavy atom. The zero-order chi connectivity index (χ0) is 11.6. The zero-order valence-electron chi connectivity index (χ0n) is 9.96. The summed E-state index contributed by atoms with van der Waals surface area (Å²) in [6, 6.07) is 10.3. The Kier molecular flexibility index (Phi) is 2.98. The SMILES string of the molecule is CC(NCC1(C)CC1)c1cccc(C#N)c1. The van der Waals surface area contributed by atoms with Crippen molar-refractivity contribution in [3.05, 3.63) is 35.4 Å². The number of nitriles is 1. The van der Waals surface area contributed by atoms with E-state index in [2.05, 4.69) is 31.3 Å². The summed E-state index contributed by atoms with van der Waals surface area (Å²) in [5.41, 5.74) is 2.47. The molecule has 0 spiro atoms. The van der Waals surface area contributed by atoms with Gasteiger partial charge in [0.1, 0.15) is 0 Å². The lowest BCUT2D eigenvalue weighted by Gasteiger charge is -2.17. The van der Waals surface area contributed by atoms with Gasteiger partial charge in [0, 0.05) is 12.6 Å². The molecule has 0 amide bonds. The second-order valence-electron chi connectivity index (χ2n) is 5.15. The fourth-order valence-electron chi connectivity index (χ4n) is 1.79. The van der Waals surface area contributed by atoms with Gasteiger partial charge >= 0.3 is 0 Å². The first-order valence-corrected chi connectivity index (χ1v) is 5.86. The van der Waals surface area contributed by atoms with E-state index >= 15 is 0 Å². The van der Waals surface area contributed by atoms with E-state index in [0.717, 1.165) is 12.1 Å². The zero-order valence-corrected chi connectivity index (χ0v) is 9.96. The molecular formula is C14H18N2. The van der Waals surface area contributed by atoms with E-state index in [-0.39, 0.29) is 0 Å². The fourth-order valence-corrected chi connectivity index (χ4v) is 1.79. The normalized spacial score (nSPS) is 18.8. The van der Waals surface area contributed by atoms with Crippen LogP contribution in [0.25, 0.3) is 0 Å². The molecule has 1 aliphatic carbocycles. The lowest BCUT2D eigenvalue weighted by molar-refractivity contribution is 0.457. The van der Waals surface area contributed by atoms with Crippen LogP contribution in [-0.2, 0) is 0 Å². The summed E-state index contributed by atoms with van der Waals surface area (Å²) in [4.78, 5) is 0.